The van der Waals surface area contributed by atoms with E-state index in [1.807, 2.05) is 0 Å². The fraction of sp³-hybridized carbons (Fsp3) is 0.778. The molecule has 0 aromatic carbocycles. The molecule has 0 bridgehead atoms. The molecule has 0 aliphatic carbocycles. The average Bonchev–Trinajstić information content (AvgIpc) is 2.34. The number of hydrogen-bond acceptors (Lipinski definition) is 8. The second-order valence-electron chi connectivity index (χ2n) is 3.37. The molecule has 0 rings (SSSR count). The lowest BCUT2D eigenvalue weighted by Crippen LogP contribution is -2.30. The average molecular weight is 280 g/mol. The van der Waals surface area contributed by atoms with E-state index in [9.17, 15) is 19.7 Å². The van der Waals surface area contributed by atoms with Gasteiger partial charge in [0.1, 0.15) is 19.3 Å². The van der Waals surface area contributed by atoms with Crippen LogP contribution in [-0.4, -0.2) is 54.6 Å². The molecule has 0 aliphatic rings. The lowest BCUT2D eigenvalue weighted by atomic mass is 10.2. The van der Waals surface area contributed by atoms with E-state index in [1.54, 1.807) is 0 Å². The van der Waals surface area contributed by atoms with E-state index in [4.69, 9.17) is 20.3 Å². The molecule has 110 valence electrons. The first-order valence-corrected chi connectivity index (χ1v) is 5.42. The van der Waals surface area contributed by atoms with Crippen LogP contribution in [0.2, 0.25) is 0 Å². The molecule has 0 aromatic heterocycles. The summed E-state index contributed by atoms with van der Waals surface area (Å²) >= 11 is 0. The molecule has 1 atom stereocenters. The van der Waals surface area contributed by atoms with Crippen molar-refractivity contribution in [2.24, 2.45) is 5.73 Å². The van der Waals surface area contributed by atoms with Crippen LogP contribution in [0.25, 0.3) is 0 Å². The minimum Gasteiger partial charge on any atom is -0.480 e. The van der Waals surface area contributed by atoms with Crippen LogP contribution < -0.4 is 5.73 Å². The molecule has 0 unspecified atom stereocenters. The number of carbonyl (C=O) groups is 2. The molecule has 19 heavy (non-hydrogen) atoms. The highest BCUT2D eigenvalue weighted by Gasteiger charge is 2.13. The summed E-state index contributed by atoms with van der Waals surface area (Å²) in [5, 5.41) is 17.3. The molecule has 0 radical (unpaired) electrons. The molecular formula is C9H16N2O8. The van der Waals surface area contributed by atoms with E-state index in [0.29, 0.717) is 0 Å². The van der Waals surface area contributed by atoms with Gasteiger partial charge in [0.25, 0.3) is 5.09 Å². The normalized spacial score (nSPS) is 11.6. The molecular weight excluding hydrogens is 264 g/mol. The number of nitrogens with zero attached hydrogens (tertiary/aromatic N) is 1. The molecule has 0 saturated carbocycles. The molecule has 10 heteroatoms. The number of nitrogens with two attached hydrogens (primary N) is 1. The Bertz CT molecular complexity index is 309. The van der Waals surface area contributed by atoms with E-state index < -0.39 is 23.1 Å². The summed E-state index contributed by atoms with van der Waals surface area (Å²) in [5.41, 5.74) is 5.20. The number of hydrogen-bond donors (Lipinski definition) is 2. The van der Waals surface area contributed by atoms with Crippen molar-refractivity contribution in [1.29, 1.82) is 0 Å². The Labute approximate surface area is 108 Å². The van der Waals surface area contributed by atoms with Crippen molar-refractivity contribution in [3.63, 3.8) is 0 Å². The van der Waals surface area contributed by atoms with Gasteiger partial charge < -0.3 is 25.2 Å². The van der Waals surface area contributed by atoms with Crippen molar-refractivity contribution in [3.05, 3.63) is 10.1 Å². The van der Waals surface area contributed by atoms with Gasteiger partial charge in [-0.3, -0.25) is 9.59 Å². The van der Waals surface area contributed by atoms with Crippen molar-refractivity contribution in [3.8, 4) is 0 Å². The number of carboxylic acids is 1. The first kappa shape index (κ1) is 17.1. The summed E-state index contributed by atoms with van der Waals surface area (Å²) in [6.45, 7) is -0.158. The summed E-state index contributed by atoms with van der Waals surface area (Å²) in [4.78, 5) is 35.2. The van der Waals surface area contributed by atoms with Crippen LogP contribution in [0.1, 0.15) is 12.8 Å². The molecule has 0 fully saturated rings. The number of ether oxygens (including phenoxy) is 2. The van der Waals surface area contributed by atoms with Gasteiger partial charge in [-0.2, -0.15) is 0 Å². The summed E-state index contributed by atoms with van der Waals surface area (Å²) in [5.74, 6) is -1.76. The quantitative estimate of drug-likeness (QED) is 0.209. The molecule has 10 nitrogen and oxygen atoms in total. The van der Waals surface area contributed by atoms with Gasteiger partial charge in [-0.05, 0) is 6.42 Å². The summed E-state index contributed by atoms with van der Waals surface area (Å²) in [7, 11) is 0. The highest BCUT2D eigenvalue weighted by molar-refractivity contribution is 5.75. The van der Waals surface area contributed by atoms with Gasteiger partial charge in [-0.25, -0.2) is 0 Å². The van der Waals surface area contributed by atoms with E-state index in [-0.39, 0.29) is 39.3 Å². The number of carbonyl (C=O) groups excluding carboxylic acids is 1. The molecule has 0 spiro atoms. The fourth-order valence-electron chi connectivity index (χ4n) is 0.956. The van der Waals surface area contributed by atoms with Crippen molar-refractivity contribution < 1.29 is 34.1 Å². The number of carboxylic acid groups (broad SMARTS) is 1. The largest absolute Gasteiger partial charge is 0.480 e. The molecule has 0 aromatic rings. The maximum atomic E-state index is 11.1. The Balaban J connectivity index is 3.39. The Morgan fingerprint density at radius 3 is 2.47 bits per heavy atom. The van der Waals surface area contributed by atoms with Gasteiger partial charge in [-0.1, -0.05) is 0 Å². The highest BCUT2D eigenvalue weighted by Crippen LogP contribution is 1.97. The van der Waals surface area contributed by atoms with Gasteiger partial charge >= 0.3 is 11.9 Å². The first-order chi connectivity index (χ1) is 8.93. The molecule has 3 N–H and O–H groups in total. The van der Waals surface area contributed by atoms with Gasteiger partial charge in [-0.15, -0.1) is 10.1 Å². The maximum Gasteiger partial charge on any atom is 0.320 e. The molecule has 0 saturated heterocycles. The Kier molecular flexibility index (Phi) is 9.00. The second kappa shape index (κ2) is 10.0. The van der Waals surface area contributed by atoms with Gasteiger partial charge in [0.15, 0.2) is 0 Å². The zero-order valence-electron chi connectivity index (χ0n) is 10.1. The van der Waals surface area contributed by atoms with E-state index in [2.05, 4.69) is 4.84 Å². The van der Waals surface area contributed by atoms with Crippen LogP contribution >= 0.6 is 0 Å². The Morgan fingerprint density at radius 1 is 1.26 bits per heavy atom. The number of esters is 1. The predicted molar refractivity (Wildman–Crippen MR) is 59.6 cm³/mol. The SMILES string of the molecule is N[C@@H](CCC(=O)OCCOCCO[N+](=O)[O-])C(=O)O. The van der Waals surface area contributed by atoms with Crippen LogP contribution in [0.15, 0.2) is 0 Å². The predicted octanol–water partition coefficient (Wildman–Crippen LogP) is -1.05. The summed E-state index contributed by atoms with van der Waals surface area (Å²) < 4.78 is 9.59. The van der Waals surface area contributed by atoms with E-state index in [0.717, 1.165) is 0 Å². The van der Waals surface area contributed by atoms with Crippen LogP contribution in [0, 0.1) is 10.1 Å². The second-order valence-corrected chi connectivity index (χ2v) is 3.37. The van der Waals surface area contributed by atoms with E-state index in [1.165, 1.54) is 0 Å². The lowest BCUT2D eigenvalue weighted by molar-refractivity contribution is -0.758. The van der Waals surface area contributed by atoms with Crippen molar-refractivity contribution in [2.75, 3.05) is 26.4 Å². The van der Waals surface area contributed by atoms with Crippen LogP contribution in [0.3, 0.4) is 0 Å². The third kappa shape index (κ3) is 10.9. The van der Waals surface area contributed by atoms with Crippen LogP contribution in [0.5, 0.6) is 0 Å². The zero-order chi connectivity index (χ0) is 14.7. The topological polar surface area (TPSA) is 151 Å². The molecule has 0 aliphatic heterocycles. The number of aliphatic carboxylic acids is 1. The van der Waals surface area contributed by atoms with Gasteiger partial charge in [0.2, 0.25) is 0 Å². The Hall–Kier alpha value is -1.94. The van der Waals surface area contributed by atoms with E-state index >= 15 is 0 Å². The standard InChI is InChI=1S/C9H16N2O8/c10-7(9(13)14)1-2-8(12)18-5-3-17-4-6-19-11(15)16/h7H,1-6,10H2,(H,13,14)/t7-/m0/s1. The third-order valence-electron chi connectivity index (χ3n) is 1.89. The van der Waals surface area contributed by atoms with Crippen LogP contribution in [0.4, 0.5) is 0 Å². The monoisotopic (exact) mass is 280 g/mol. The summed E-state index contributed by atoms with van der Waals surface area (Å²) in [6, 6.07) is -1.09. The van der Waals surface area contributed by atoms with Gasteiger partial charge in [0.05, 0.1) is 13.2 Å². The smallest absolute Gasteiger partial charge is 0.320 e. The lowest BCUT2D eigenvalue weighted by Gasteiger charge is -2.07. The zero-order valence-corrected chi connectivity index (χ0v) is 10.1. The fourth-order valence-corrected chi connectivity index (χ4v) is 0.956. The van der Waals surface area contributed by atoms with Gasteiger partial charge in [0, 0.05) is 6.42 Å². The minimum absolute atomic E-state index is 0.00240. The van der Waals surface area contributed by atoms with Crippen LogP contribution in [-0.2, 0) is 23.9 Å². The highest BCUT2D eigenvalue weighted by atomic mass is 17.0. The van der Waals surface area contributed by atoms with Crippen molar-refractivity contribution in [1.82, 2.24) is 0 Å². The Morgan fingerprint density at radius 2 is 1.89 bits per heavy atom. The molecule has 0 amide bonds. The third-order valence-corrected chi connectivity index (χ3v) is 1.89. The number of rotatable bonds is 11. The minimum atomic E-state index is -1.18. The van der Waals surface area contributed by atoms with Crippen molar-refractivity contribution in [2.45, 2.75) is 18.9 Å². The molecule has 0 heterocycles. The maximum absolute atomic E-state index is 11.1. The summed E-state index contributed by atoms with van der Waals surface area (Å²) in [6.07, 6.45) is -0.108. The van der Waals surface area contributed by atoms with Crippen molar-refractivity contribution >= 4 is 11.9 Å². The first-order valence-electron chi connectivity index (χ1n) is 5.42.